The molecule has 24 heavy (non-hydrogen) atoms. The van der Waals surface area contributed by atoms with Gasteiger partial charge < -0.3 is 10.2 Å². The smallest absolute Gasteiger partial charge is 0.228 e. The lowest BCUT2D eigenvalue weighted by molar-refractivity contribution is -0.119. The molecule has 6 nitrogen and oxygen atoms in total. The Balaban J connectivity index is 1.51. The van der Waals surface area contributed by atoms with Crippen LogP contribution in [0.2, 0.25) is 0 Å². The Labute approximate surface area is 144 Å². The third kappa shape index (κ3) is 3.12. The maximum absolute atomic E-state index is 12.3. The number of thiazole rings is 1. The van der Waals surface area contributed by atoms with Gasteiger partial charge in [0.1, 0.15) is 0 Å². The molecular weight excluding hydrogens is 346 g/mol. The van der Waals surface area contributed by atoms with Gasteiger partial charge in [-0.3, -0.25) is 4.79 Å². The predicted molar refractivity (Wildman–Crippen MR) is 96.5 cm³/mol. The second-order valence-corrected chi connectivity index (χ2v) is 9.70. The van der Waals surface area contributed by atoms with Crippen LogP contribution in [0.5, 0.6) is 0 Å². The van der Waals surface area contributed by atoms with Gasteiger partial charge in [0.2, 0.25) is 5.91 Å². The molecule has 3 heterocycles. The number of sulfone groups is 1. The molecule has 1 N–H and O–H groups in total. The number of hydrogen-bond acceptors (Lipinski definition) is 6. The van der Waals surface area contributed by atoms with Gasteiger partial charge in [-0.2, -0.15) is 0 Å². The van der Waals surface area contributed by atoms with Crippen molar-refractivity contribution in [2.24, 2.45) is 5.92 Å². The number of carbonyl (C=O) groups is 1. The minimum absolute atomic E-state index is 0.0409. The predicted octanol–water partition coefficient (Wildman–Crippen LogP) is 2.27. The van der Waals surface area contributed by atoms with Gasteiger partial charge in [-0.15, -0.1) is 0 Å². The number of amides is 1. The van der Waals surface area contributed by atoms with Crippen LogP contribution in [0.1, 0.15) is 19.3 Å². The first-order valence-electron chi connectivity index (χ1n) is 8.17. The quantitative estimate of drug-likeness (QED) is 0.903. The zero-order chi connectivity index (χ0) is 16.7. The molecule has 8 heteroatoms. The fourth-order valence-corrected chi connectivity index (χ4v) is 6.08. The van der Waals surface area contributed by atoms with Crippen LogP contribution in [0.3, 0.4) is 0 Å². The van der Waals surface area contributed by atoms with Gasteiger partial charge in [0, 0.05) is 18.8 Å². The normalized spacial score (nSPS) is 23.0. The van der Waals surface area contributed by atoms with E-state index in [0.717, 1.165) is 28.4 Å². The van der Waals surface area contributed by atoms with E-state index in [4.69, 9.17) is 0 Å². The highest BCUT2D eigenvalue weighted by molar-refractivity contribution is 7.91. The molecule has 1 aromatic heterocycles. The first-order chi connectivity index (χ1) is 11.5. The van der Waals surface area contributed by atoms with E-state index in [0.29, 0.717) is 12.1 Å². The van der Waals surface area contributed by atoms with Crippen LogP contribution in [-0.4, -0.2) is 43.9 Å². The molecule has 1 unspecified atom stereocenters. The zero-order valence-corrected chi connectivity index (χ0v) is 14.8. The summed E-state index contributed by atoms with van der Waals surface area (Å²) in [4.78, 5) is 19.2. The highest BCUT2D eigenvalue weighted by Gasteiger charge is 2.33. The summed E-state index contributed by atoms with van der Waals surface area (Å²) < 4.78 is 24.1. The molecule has 0 saturated carbocycles. The SMILES string of the molecule is O=C(Nc1ccc2nc(N3CCCC3)sc2c1)C1CCS(=O)(=O)C1. The molecule has 0 radical (unpaired) electrons. The third-order valence-electron chi connectivity index (χ3n) is 4.62. The zero-order valence-electron chi connectivity index (χ0n) is 13.2. The lowest BCUT2D eigenvalue weighted by atomic mass is 10.1. The molecule has 2 saturated heterocycles. The van der Waals surface area contributed by atoms with E-state index in [1.54, 1.807) is 11.3 Å². The Morgan fingerprint density at radius 2 is 2.08 bits per heavy atom. The fraction of sp³-hybridized carbons (Fsp3) is 0.500. The Bertz CT molecular complexity index is 885. The monoisotopic (exact) mass is 365 g/mol. The van der Waals surface area contributed by atoms with Gasteiger partial charge in [0.25, 0.3) is 0 Å². The standard InChI is InChI=1S/C16H19N3O3S2/c20-15(11-5-8-24(21,22)10-11)17-12-3-4-13-14(9-12)23-16(18-13)19-6-1-2-7-19/h3-4,9,11H,1-2,5-8,10H2,(H,17,20). The Morgan fingerprint density at radius 3 is 2.79 bits per heavy atom. The average Bonchev–Trinajstić information content (AvgIpc) is 3.24. The minimum Gasteiger partial charge on any atom is -0.348 e. The van der Waals surface area contributed by atoms with Crippen molar-refractivity contribution in [2.45, 2.75) is 19.3 Å². The van der Waals surface area contributed by atoms with Gasteiger partial charge in [-0.25, -0.2) is 13.4 Å². The third-order valence-corrected chi connectivity index (χ3v) is 7.47. The number of nitrogens with zero attached hydrogens (tertiary/aromatic N) is 2. The average molecular weight is 365 g/mol. The van der Waals surface area contributed by atoms with Crippen molar-refractivity contribution >= 4 is 48.1 Å². The molecule has 0 bridgehead atoms. The van der Waals surface area contributed by atoms with E-state index in [9.17, 15) is 13.2 Å². The van der Waals surface area contributed by atoms with E-state index in [2.05, 4.69) is 15.2 Å². The molecule has 0 spiro atoms. The number of benzene rings is 1. The van der Waals surface area contributed by atoms with Crippen molar-refractivity contribution in [1.82, 2.24) is 4.98 Å². The Morgan fingerprint density at radius 1 is 1.29 bits per heavy atom. The lowest BCUT2D eigenvalue weighted by Crippen LogP contribution is -2.23. The molecule has 2 aromatic rings. The van der Waals surface area contributed by atoms with Crippen LogP contribution in [0.15, 0.2) is 18.2 Å². The molecular formula is C16H19N3O3S2. The highest BCUT2D eigenvalue weighted by Crippen LogP contribution is 2.32. The Kier molecular flexibility index (Phi) is 3.96. The van der Waals surface area contributed by atoms with Gasteiger partial charge in [0.05, 0.1) is 27.6 Å². The summed E-state index contributed by atoms with van der Waals surface area (Å²) in [7, 11) is -3.05. The maximum Gasteiger partial charge on any atom is 0.228 e. The summed E-state index contributed by atoms with van der Waals surface area (Å²) in [6, 6.07) is 5.66. The second kappa shape index (κ2) is 6.00. The van der Waals surface area contributed by atoms with Crippen molar-refractivity contribution in [3.63, 3.8) is 0 Å². The van der Waals surface area contributed by atoms with Gasteiger partial charge in [-0.05, 0) is 37.5 Å². The van der Waals surface area contributed by atoms with Gasteiger partial charge in [0.15, 0.2) is 15.0 Å². The van der Waals surface area contributed by atoms with Crippen molar-refractivity contribution in [2.75, 3.05) is 34.8 Å². The Hall–Kier alpha value is -1.67. The number of rotatable bonds is 3. The van der Waals surface area contributed by atoms with E-state index < -0.39 is 15.8 Å². The summed E-state index contributed by atoms with van der Waals surface area (Å²) >= 11 is 1.64. The van der Waals surface area contributed by atoms with Crippen molar-refractivity contribution < 1.29 is 13.2 Å². The molecule has 0 aliphatic carbocycles. The van der Waals surface area contributed by atoms with Crippen LogP contribution < -0.4 is 10.2 Å². The molecule has 128 valence electrons. The molecule has 1 atom stereocenters. The number of anilines is 2. The van der Waals surface area contributed by atoms with E-state index in [1.165, 1.54) is 12.8 Å². The summed E-state index contributed by atoms with van der Waals surface area (Å²) in [5, 5.41) is 3.89. The summed E-state index contributed by atoms with van der Waals surface area (Å²) in [6.45, 7) is 2.11. The number of aromatic nitrogens is 1. The van der Waals surface area contributed by atoms with Crippen LogP contribution in [0, 0.1) is 5.92 Å². The van der Waals surface area contributed by atoms with E-state index >= 15 is 0 Å². The molecule has 2 aliphatic rings. The molecule has 4 rings (SSSR count). The van der Waals surface area contributed by atoms with Crippen LogP contribution in [0.25, 0.3) is 10.2 Å². The second-order valence-electron chi connectivity index (χ2n) is 6.46. The van der Waals surface area contributed by atoms with Crippen LogP contribution in [0.4, 0.5) is 10.8 Å². The highest BCUT2D eigenvalue weighted by atomic mass is 32.2. The molecule has 1 aromatic carbocycles. The first-order valence-corrected chi connectivity index (χ1v) is 10.8. The largest absolute Gasteiger partial charge is 0.348 e. The maximum atomic E-state index is 12.3. The topological polar surface area (TPSA) is 79.4 Å². The van der Waals surface area contributed by atoms with E-state index in [-0.39, 0.29) is 17.4 Å². The number of carbonyl (C=O) groups excluding carboxylic acids is 1. The minimum atomic E-state index is -3.05. The van der Waals surface area contributed by atoms with Gasteiger partial charge in [-0.1, -0.05) is 11.3 Å². The number of hydrogen-bond donors (Lipinski definition) is 1. The van der Waals surface area contributed by atoms with E-state index in [1.807, 2.05) is 18.2 Å². The molecule has 2 aliphatic heterocycles. The summed E-state index contributed by atoms with van der Waals surface area (Å²) in [6.07, 6.45) is 2.83. The van der Waals surface area contributed by atoms with Crippen molar-refractivity contribution in [3.05, 3.63) is 18.2 Å². The molecule has 1 amide bonds. The fourth-order valence-electron chi connectivity index (χ4n) is 3.28. The van der Waals surface area contributed by atoms with Crippen LogP contribution in [-0.2, 0) is 14.6 Å². The number of fused-ring (bicyclic) bond motifs is 1. The summed E-state index contributed by atoms with van der Waals surface area (Å²) in [5.41, 5.74) is 1.64. The van der Waals surface area contributed by atoms with Gasteiger partial charge >= 0.3 is 0 Å². The van der Waals surface area contributed by atoms with Crippen molar-refractivity contribution in [1.29, 1.82) is 0 Å². The number of nitrogens with one attached hydrogen (secondary N) is 1. The first kappa shape index (κ1) is 15.8. The molecule has 2 fully saturated rings. The summed E-state index contributed by atoms with van der Waals surface area (Å²) in [5.74, 6) is -0.578. The lowest BCUT2D eigenvalue weighted by Gasteiger charge is -2.11. The van der Waals surface area contributed by atoms with Crippen molar-refractivity contribution in [3.8, 4) is 0 Å². The van der Waals surface area contributed by atoms with Crippen LogP contribution >= 0.6 is 11.3 Å².